The Morgan fingerprint density at radius 2 is 2.08 bits per heavy atom. The van der Waals surface area contributed by atoms with Crippen LogP contribution in [0.5, 0.6) is 11.5 Å². The Labute approximate surface area is 142 Å². The zero-order valence-corrected chi connectivity index (χ0v) is 14.3. The van der Waals surface area contributed by atoms with Crippen LogP contribution in [0.3, 0.4) is 0 Å². The maximum atomic E-state index is 12.3. The number of aliphatic hydroxyl groups is 1. The largest absolute Gasteiger partial charge is 0.492 e. The average Bonchev–Trinajstić information content (AvgIpc) is 2.89. The molecule has 132 valence electrons. The number of ether oxygens (including phenoxy) is 2. The minimum Gasteiger partial charge on any atom is -0.492 e. The van der Waals surface area contributed by atoms with Crippen molar-refractivity contribution in [1.82, 2.24) is 5.32 Å². The topological polar surface area (TPSA) is 79.8 Å². The predicted octanol–water partition coefficient (Wildman–Crippen LogP) is 2.83. The van der Waals surface area contributed by atoms with Gasteiger partial charge in [-0.05, 0) is 45.6 Å². The van der Waals surface area contributed by atoms with E-state index in [1.807, 2.05) is 26.0 Å². The molecule has 1 fully saturated rings. The third kappa shape index (κ3) is 3.93. The number of anilines is 1. The predicted molar refractivity (Wildman–Crippen MR) is 91.8 cm³/mol. The summed E-state index contributed by atoms with van der Waals surface area (Å²) in [5.41, 5.74) is 1.73. The number of benzene rings is 1. The Balaban J connectivity index is 1.67. The van der Waals surface area contributed by atoms with Gasteiger partial charge >= 0.3 is 6.03 Å². The molecule has 2 amide bonds. The Hall–Kier alpha value is -1.95. The van der Waals surface area contributed by atoms with Gasteiger partial charge in [-0.15, -0.1) is 0 Å². The van der Waals surface area contributed by atoms with E-state index in [4.69, 9.17) is 9.47 Å². The maximum absolute atomic E-state index is 12.3. The molecule has 3 N–H and O–H groups in total. The summed E-state index contributed by atoms with van der Waals surface area (Å²) < 4.78 is 11.4. The average molecular weight is 334 g/mol. The molecule has 6 nitrogen and oxygen atoms in total. The minimum atomic E-state index is -0.247. The van der Waals surface area contributed by atoms with E-state index in [0.717, 1.165) is 43.4 Å². The molecule has 1 aromatic rings. The first-order valence-corrected chi connectivity index (χ1v) is 8.77. The van der Waals surface area contributed by atoms with Crippen LogP contribution in [0.4, 0.5) is 10.5 Å². The van der Waals surface area contributed by atoms with Crippen LogP contribution in [0.15, 0.2) is 12.1 Å². The lowest BCUT2D eigenvalue weighted by Gasteiger charge is -2.26. The fraction of sp³-hybridized carbons (Fsp3) is 0.611. The van der Waals surface area contributed by atoms with Gasteiger partial charge < -0.3 is 25.2 Å². The highest BCUT2D eigenvalue weighted by atomic mass is 16.5. The van der Waals surface area contributed by atoms with Crippen molar-refractivity contribution in [3.63, 3.8) is 0 Å². The molecule has 0 unspecified atom stereocenters. The molecule has 0 bridgehead atoms. The van der Waals surface area contributed by atoms with Crippen LogP contribution >= 0.6 is 0 Å². The van der Waals surface area contributed by atoms with Crippen LogP contribution in [-0.4, -0.2) is 36.0 Å². The highest BCUT2D eigenvalue weighted by Crippen LogP contribution is 2.38. The number of carbonyl (C=O) groups excluding carboxylic acids is 1. The Bertz CT molecular complexity index is 597. The number of hydrogen-bond donors (Lipinski definition) is 3. The van der Waals surface area contributed by atoms with Gasteiger partial charge in [-0.2, -0.15) is 0 Å². The van der Waals surface area contributed by atoms with E-state index >= 15 is 0 Å². The molecule has 1 atom stereocenters. The first-order valence-electron chi connectivity index (χ1n) is 8.77. The van der Waals surface area contributed by atoms with Crippen molar-refractivity contribution >= 4 is 11.7 Å². The lowest BCUT2D eigenvalue weighted by atomic mass is 9.93. The summed E-state index contributed by atoms with van der Waals surface area (Å²) in [6.07, 6.45) is 3.85. The third-order valence-electron chi connectivity index (χ3n) is 4.58. The number of hydrogen-bond acceptors (Lipinski definition) is 4. The molecule has 1 aromatic carbocycles. The summed E-state index contributed by atoms with van der Waals surface area (Å²) in [6.45, 7) is 4.48. The Morgan fingerprint density at radius 1 is 1.33 bits per heavy atom. The zero-order chi connectivity index (χ0) is 17.1. The van der Waals surface area contributed by atoms with Gasteiger partial charge in [-0.25, -0.2) is 4.79 Å². The van der Waals surface area contributed by atoms with Crippen LogP contribution in [-0.2, 0) is 6.42 Å². The lowest BCUT2D eigenvalue weighted by Crippen LogP contribution is -2.40. The van der Waals surface area contributed by atoms with E-state index < -0.39 is 0 Å². The van der Waals surface area contributed by atoms with Crippen molar-refractivity contribution < 1.29 is 19.4 Å². The molecule has 0 spiro atoms. The van der Waals surface area contributed by atoms with Crippen LogP contribution in [0.2, 0.25) is 0 Å². The second-order valence-corrected chi connectivity index (χ2v) is 6.63. The smallest absolute Gasteiger partial charge is 0.319 e. The number of aliphatic hydroxyl groups excluding tert-OH is 1. The van der Waals surface area contributed by atoms with Gasteiger partial charge in [0.15, 0.2) is 0 Å². The van der Waals surface area contributed by atoms with E-state index in [1.54, 1.807) is 0 Å². The Kier molecular flexibility index (Phi) is 5.14. The Morgan fingerprint density at radius 3 is 2.79 bits per heavy atom. The number of fused-ring (bicyclic) bond motifs is 1. The molecule has 6 heteroatoms. The van der Waals surface area contributed by atoms with E-state index in [-0.39, 0.29) is 24.3 Å². The van der Waals surface area contributed by atoms with Crippen molar-refractivity contribution in [2.75, 3.05) is 11.9 Å². The van der Waals surface area contributed by atoms with Crippen molar-refractivity contribution in [3.05, 3.63) is 17.7 Å². The number of amides is 2. The van der Waals surface area contributed by atoms with Gasteiger partial charge in [-0.1, -0.05) is 0 Å². The summed E-state index contributed by atoms with van der Waals surface area (Å²) >= 11 is 0. The normalized spacial score (nSPS) is 25.5. The summed E-state index contributed by atoms with van der Waals surface area (Å²) in [5, 5.41) is 15.4. The van der Waals surface area contributed by atoms with E-state index in [0.29, 0.717) is 18.0 Å². The molecule has 0 saturated heterocycles. The second kappa shape index (κ2) is 7.30. The van der Waals surface area contributed by atoms with Gasteiger partial charge in [0.05, 0.1) is 18.4 Å². The van der Waals surface area contributed by atoms with Gasteiger partial charge in [0, 0.05) is 24.1 Å². The van der Waals surface area contributed by atoms with E-state index in [9.17, 15) is 9.90 Å². The molecular formula is C18H26N2O4. The molecule has 0 aromatic heterocycles. The standard InChI is InChI=1S/C18H26N2O4/c1-3-23-17-9-12-8-11(2)24-16(12)10-15(17)20-18(22)19-13-4-6-14(21)7-5-13/h9-11,13-14,21H,3-8H2,1-2H3,(H2,19,20,22)/t11-,13?,14?/m1/s1. The lowest BCUT2D eigenvalue weighted by molar-refractivity contribution is 0.118. The molecule has 1 aliphatic carbocycles. The fourth-order valence-corrected chi connectivity index (χ4v) is 3.38. The summed E-state index contributed by atoms with van der Waals surface area (Å²) in [4.78, 5) is 12.3. The molecule has 1 aliphatic heterocycles. The van der Waals surface area contributed by atoms with E-state index in [1.165, 1.54) is 0 Å². The van der Waals surface area contributed by atoms with Crippen LogP contribution in [0, 0.1) is 0 Å². The minimum absolute atomic E-state index is 0.106. The molecule has 24 heavy (non-hydrogen) atoms. The van der Waals surface area contributed by atoms with Crippen molar-refractivity contribution in [3.8, 4) is 11.5 Å². The zero-order valence-electron chi connectivity index (χ0n) is 14.3. The van der Waals surface area contributed by atoms with Crippen molar-refractivity contribution in [2.45, 2.75) is 64.2 Å². The molecule has 1 saturated carbocycles. The van der Waals surface area contributed by atoms with Crippen LogP contribution in [0.1, 0.15) is 45.1 Å². The molecule has 1 heterocycles. The van der Waals surface area contributed by atoms with Gasteiger partial charge in [-0.3, -0.25) is 0 Å². The van der Waals surface area contributed by atoms with Crippen molar-refractivity contribution in [2.24, 2.45) is 0 Å². The number of rotatable bonds is 4. The molecular weight excluding hydrogens is 308 g/mol. The number of carbonyl (C=O) groups is 1. The van der Waals surface area contributed by atoms with Crippen molar-refractivity contribution in [1.29, 1.82) is 0 Å². The van der Waals surface area contributed by atoms with Gasteiger partial charge in [0.1, 0.15) is 17.6 Å². The van der Waals surface area contributed by atoms with Gasteiger partial charge in [0.25, 0.3) is 0 Å². The first kappa shape index (κ1) is 16.9. The third-order valence-corrected chi connectivity index (χ3v) is 4.58. The monoisotopic (exact) mass is 334 g/mol. The van der Waals surface area contributed by atoms with Crippen LogP contribution < -0.4 is 20.1 Å². The highest BCUT2D eigenvalue weighted by Gasteiger charge is 2.24. The first-order chi connectivity index (χ1) is 11.5. The summed E-state index contributed by atoms with van der Waals surface area (Å²) in [6, 6.07) is 3.65. The quantitative estimate of drug-likeness (QED) is 0.791. The maximum Gasteiger partial charge on any atom is 0.319 e. The molecule has 3 rings (SSSR count). The molecule has 2 aliphatic rings. The number of nitrogens with one attached hydrogen (secondary N) is 2. The SMILES string of the molecule is CCOc1cc2c(cc1NC(=O)NC1CCC(O)CC1)O[C@H](C)C2. The van der Waals surface area contributed by atoms with E-state index in [2.05, 4.69) is 10.6 Å². The van der Waals surface area contributed by atoms with Crippen LogP contribution in [0.25, 0.3) is 0 Å². The fourth-order valence-electron chi connectivity index (χ4n) is 3.38. The highest BCUT2D eigenvalue weighted by molar-refractivity contribution is 5.91. The van der Waals surface area contributed by atoms with Gasteiger partial charge in [0.2, 0.25) is 0 Å². The number of urea groups is 1. The second-order valence-electron chi connectivity index (χ2n) is 6.63. The summed E-state index contributed by atoms with van der Waals surface area (Å²) in [7, 11) is 0. The summed E-state index contributed by atoms with van der Waals surface area (Å²) in [5.74, 6) is 1.48. The molecule has 0 radical (unpaired) electrons.